The lowest BCUT2D eigenvalue weighted by atomic mass is 10.1. The van der Waals surface area contributed by atoms with Gasteiger partial charge in [0.25, 0.3) is 0 Å². The minimum absolute atomic E-state index is 0.00449. The summed E-state index contributed by atoms with van der Waals surface area (Å²) >= 11 is 0. The van der Waals surface area contributed by atoms with Crippen LogP contribution >= 0.6 is 0 Å². The van der Waals surface area contributed by atoms with Crippen molar-refractivity contribution in [1.82, 2.24) is 0 Å². The third kappa shape index (κ3) is 1.70. The molecule has 0 radical (unpaired) electrons. The van der Waals surface area contributed by atoms with E-state index in [4.69, 9.17) is 21.1 Å². The van der Waals surface area contributed by atoms with Crippen molar-refractivity contribution in [3.05, 3.63) is 23.3 Å². The maximum atomic E-state index is 10.6. The van der Waals surface area contributed by atoms with E-state index < -0.39 is 11.7 Å². The van der Waals surface area contributed by atoms with Gasteiger partial charge in [-0.2, -0.15) is 0 Å². The van der Waals surface area contributed by atoms with E-state index in [9.17, 15) is 4.79 Å². The first-order chi connectivity index (χ1) is 6.06. The molecule has 5 heteroatoms. The molecule has 0 bridgehead atoms. The maximum absolute atomic E-state index is 10.6. The van der Waals surface area contributed by atoms with Gasteiger partial charge in [-0.3, -0.25) is 0 Å². The zero-order valence-electron chi connectivity index (χ0n) is 6.69. The fourth-order valence-corrected chi connectivity index (χ4v) is 0.988. The monoisotopic (exact) mass is 183 g/mol. The fraction of sp³-hybridized carbons (Fsp3) is 0.125. The zero-order chi connectivity index (χ0) is 10.0. The number of aromatic carboxylic acids is 1. The minimum Gasteiger partial charge on any atom is -0.504 e. The Morgan fingerprint density at radius 2 is 1.85 bits per heavy atom. The molecule has 0 atom stereocenters. The predicted molar refractivity (Wildman–Crippen MR) is 44.6 cm³/mol. The normalized spacial score (nSPS) is 9.92. The predicted octanol–water partition coefficient (Wildman–Crippen LogP) is 0.255. The number of carboxylic acids is 1. The molecule has 5 nitrogen and oxygen atoms in total. The van der Waals surface area contributed by atoms with Crippen molar-refractivity contribution < 1.29 is 20.1 Å². The van der Waals surface area contributed by atoms with Crippen molar-refractivity contribution in [3.63, 3.8) is 0 Å². The molecular weight excluding hydrogens is 174 g/mol. The topological polar surface area (TPSA) is 104 Å². The number of hydrogen-bond donors (Lipinski definition) is 4. The molecule has 1 aromatic rings. The van der Waals surface area contributed by atoms with Gasteiger partial charge in [0.2, 0.25) is 0 Å². The lowest BCUT2D eigenvalue weighted by Crippen LogP contribution is -2.06. The van der Waals surface area contributed by atoms with Crippen molar-refractivity contribution in [2.45, 2.75) is 6.54 Å². The Bertz CT molecular complexity index is 348. The molecule has 0 aliphatic carbocycles. The average Bonchev–Trinajstić information content (AvgIpc) is 2.08. The van der Waals surface area contributed by atoms with Crippen LogP contribution in [0.5, 0.6) is 11.5 Å². The molecule has 13 heavy (non-hydrogen) atoms. The van der Waals surface area contributed by atoms with Crippen molar-refractivity contribution in [2.75, 3.05) is 0 Å². The van der Waals surface area contributed by atoms with Crippen LogP contribution in [-0.4, -0.2) is 21.3 Å². The molecule has 0 heterocycles. The van der Waals surface area contributed by atoms with Crippen molar-refractivity contribution in [3.8, 4) is 11.5 Å². The van der Waals surface area contributed by atoms with E-state index in [1.165, 1.54) is 0 Å². The van der Waals surface area contributed by atoms with Crippen molar-refractivity contribution in [2.24, 2.45) is 5.73 Å². The highest BCUT2D eigenvalue weighted by Gasteiger charge is 2.12. The van der Waals surface area contributed by atoms with Gasteiger partial charge in [-0.15, -0.1) is 0 Å². The van der Waals surface area contributed by atoms with Gasteiger partial charge in [0.15, 0.2) is 11.5 Å². The Hall–Kier alpha value is -1.75. The van der Waals surface area contributed by atoms with Crippen LogP contribution in [0.2, 0.25) is 0 Å². The number of hydrogen-bond acceptors (Lipinski definition) is 4. The van der Waals surface area contributed by atoms with Crippen molar-refractivity contribution in [1.29, 1.82) is 0 Å². The van der Waals surface area contributed by atoms with E-state index in [1.54, 1.807) is 0 Å². The number of nitrogens with two attached hydrogens (primary N) is 1. The molecule has 0 fully saturated rings. The number of phenolic OH excluding ortho intramolecular Hbond substituents is 2. The molecule has 0 saturated carbocycles. The second kappa shape index (κ2) is 3.32. The molecule has 70 valence electrons. The van der Waals surface area contributed by atoms with Gasteiger partial charge in [-0.1, -0.05) is 0 Å². The Morgan fingerprint density at radius 3 is 2.31 bits per heavy atom. The first kappa shape index (κ1) is 9.34. The second-order valence-corrected chi connectivity index (χ2v) is 2.51. The van der Waals surface area contributed by atoms with E-state index >= 15 is 0 Å². The Kier molecular flexibility index (Phi) is 2.39. The van der Waals surface area contributed by atoms with Crippen LogP contribution < -0.4 is 5.73 Å². The molecule has 0 aliphatic rings. The van der Waals surface area contributed by atoms with Gasteiger partial charge < -0.3 is 21.1 Å². The summed E-state index contributed by atoms with van der Waals surface area (Å²) in [6.07, 6.45) is 0. The summed E-state index contributed by atoms with van der Waals surface area (Å²) in [6, 6.07) is 2.11. The van der Waals surface area contributed by atoms with Gasteiger partial charge >= 0.3 is 5.97 Å². The molecular formula is C8H9NO4. The van der Waals surface area contributed by atoms with E-state index in [2.05, 4.69) is 0 Å². The highest BCUT2D eigenvalue weighted by molar-refractivity contribution is 5.90. The number of carboxylic acid groups (broad SMARTS) is 1. The molecule has 0 amide bonds. The SMILES string of the molecule is NCc1cc(O)c(O)cc1C(=O)O. The smallest absolute Gasteiger partial charge is 0.336 e. The summed E-state index contributed by atoms with van der Waals surface area (Å²) < 4.78 is 0. The summed E-state index contributed by atoms with van der Waals surface area (Å²) in [5.74, 6) is -2.02. The lowest BCUT2D eigenvalue weighted by molar-refractivity contribution is 0.0695. The van der Waals surface area contributed by atoms with E-state index in [0.717, 1.165) is 12.1 Å². The number of carbonyl (C=O) groups is 1. The van der Waals surface area contributed by atoms with Crippen LogP contribution in [0.15, 0.2) is 12.1 Å². The molecule has 1 rings (SSSR count). The zero-order valence-corrected chi connectivity index (χ0v) is 6.69. The fourth-order valence-electron chi connectivity index (χ4n) is 0.988. The Balaban J connectivity index is 3.33. The number of phenols is 2. The highest BCUT2D eigenvalue weighted by Crippen LogP contribution is 2.28. The highest BCUT2D eigenvalue weighted by atomic mass is 16.4. The van der Waals surface area contributed by atoms with Crippen LogP contribution in [0.3, 0.4) is 0 Å². The summed E-state index contributed by atoms with van der Waals surface area (Å²) in [6.45, 7) is -0.00449. The average molecular weight is 183 g/mol. The quantitative estimate of drug-likeness (QED) is 0.492. The molecule has 0 aromatic heterocycles. The molecule has 5 N–H and O–H groups in total. The Labute approximate surface area is 74.0 Å². The third-order valence-corrected chi connectivity index (χ3v) is 1.65. The van der Waals surface area contributed by atoms with Gasteiger partial charge in [-0.05, 0) is 17.7 Å². The van der Waals surface area contributed by atoms with E-state index in [1.807, 2.05) is 0 Å². The summed E-state index contributed by atoms with van der Waals surface area (Å²) in [7, 11) is 0. The number of rotatable bonds is 2. The Morgan fingerprint density at radius 1 is 1.31 bits per heavy atom. The largest absolute Gasteiger partial charge is 0.504 e. The first-order valence-corrected chi connectivity index (χ1v) is 3.54. The van der Waals surface area contributed by atoms with E-state index in [-0.39, 0.29) is 23.4 Å². The van der Waals surface area contributed by atoms with Gasteiger partial charge in [0.1, 0.15) is 0 Å². The standard InChI is InChI=1S/C8H9NO4/c9-3-4-1-6(10)7(11)2-5(4)8(12)13/h1-2,10-11H,3,9H2,(H,12,13). The molecule has 0 spiro atoms. The molecule has 0 saturated heterocycles. The van der Waals surface area contributed by atoms with Crippen LogP contribution in [0.25, 0.3) is 0 Å². The van der Waals surface area contributed by atoms with E-state index in [0.29, 0.717) is 0 Å². The van der Waals surface area contributed by atoms with Crippen LogP contribution in [0.1, 0.15) is 15.9 Å². The minimum atomic E-state index is -1.18. The second-order valence-electron chi connectivity index (χ2n) is 2.51. The summed E-state index contributed by atoms with van der Waals surface area (Å²) in [5, 5.41) is 26.7. The number of benzene rings is 1. The molecule has 0 aliphatic heterocycles. The van der Waals surface area contributed by atoms with Gasteiger partial charge in [0, 0.05) is 6.54 Å². The number of aromatic hydroxyl groups is 2. The molecule has 0 unspecified atom stereocenters. The summed E-state index contributed by atoms with van der Waals surface area (Å²) in [4.78, 5) is 10.6. The van der Waals surface area contributed by atoms with Crippen molar-refractivity contribution >= 4 is 5.97 Å². The maximum Gasteiger partial charge on any atom is 0.336 e. The van der Waals surface area contributed by atoms with Crippen LogP contribution in [0, 0.1) is 0 Å². The summed E-state index contributed by atoms with van der Waals surface area (Å²) in [5.41, 5.74) is 5.43. The lowest BCUT2D eigenvalue weighted by Gasteiger charge is -2.05. The van der Waals surface area contributed by atoms with Crippen LogP contribution in [-0.2, 0) is 6.54 Å². The third-order valence-electron chi connectivity index (χ3n) is 1.65. The van der Waals surface area contributed by atoms with Gasteiger partial charge in [0.05, 0.1) is 5.56 Å². The van der Waals surface area contributed by atoms with Crippen LogP contribution in [0.4, 0.5) is 0 Å². The first-order valence-electron chi connectivity index (χ1n) is 3.54. The molecule has 1 aromatic carbocycles. The van der Waals surface area contributed by atoms with Gasteiger partial charge in [-0.25, -0.2) is 4.79 Å².